The molecule has 1 heterocycles. The summed E-state index contributed by atoms with van der Waals surface area (Å²) in [5.74, 6) is 0. The van der Waals surface area contributed by atoms with Crippen molar-refractivity contribution in [3.63, 3.8) is 0 Å². The fourth-order valence-corrected chi connectivity index (χ4v) is 2.99. The van der Waals surface area contributed by atoms with Crippen molar-refractivity contribution >= 4 is 27.3 Å². The van der Waals surface area contributed by atoms with E-state index < -0.39 is 0 Å². The van der Waals surface area contributed by atoms with Crippen molar-refractivity contribution in [3.05, 3.63) is 20.8 Å². The minimum Gasteiger partial charge on any atom is -0.396 e. The summed E-state index contributed by atoms with van der Waals surface area (Å²) in [4.78, 5) is 1.35. The third-order valence-electron chi connectivity index (χ3n) is 2.35. The Morgan fingerprint density at radius 3 is 2.73 bits per heavy atom. The monoisotopic (exact) mass is 291 g/mol. The maximum Gasteiger partial charge on any atom is 0.0701 e. The Morgan fingerprint density at radius 2 is 2.20 bits per heavy atom. The van der Waals surface area contributed by atoms with Crippen molar-refractivity contribution in [1.82, 2.24) is 5.32 Å². The van der Waals surface area contributed by atoms with Crippen LogP contribution < -0.4 is 5.32 Å². The van der Waals surface area contributed by atoms with Crippen molar-refractivity contribution in [2.45, 2.75) is 38.8 Å². The first-order valence-corrected chi connectivity index (χ1v) is 6.86. The number of halogens is 1. The number of thiophene rings is 1. The van der Waals surface area contributed by atoms with Gasteiger partial charge < -0.3 is 10.4 Å². The molecule has 2 N–H and O–H groups in total. The topological polar surface area (TPSA) is 32.3 Å². The summed E-state index contributed by atoms with van der Waals surface area (Å²) in [6.45, 7) is 4.62. The highest BCUT2D eigenvalue weighted by Gasteiger charge is 2.10. The van der Waals surface area contributed by atoms with E-state index >= 15 is 0 Å². The summed E-state index contributed by atoms with van der Waals surface area (Å²) >= 11 is 5.23. The van der Waals surface area contributed by atoms with Crippen LogP contribution in [0.1, 0.15) is 37.6 Å². The van der Waals surface area contributed by atoms with Crippen LogP contribution in [0.2, 0.25) is 0 Å². The minimum absolute atomic E-state index is 0.283. The van der Waals surface area contributed by atoms with Crippen LogP contribution in [0.3, 0.4) is 0 Å². The lowest BCUT2D eigenvalue weighted by Crippen LogP contribution is -2.28. The van der Waals surface area contributed by atoms with Gasteiger partial charge in [-0.1, -0.05) is 0 Å². The second kappa shape index (κ2) is 6.63. The van der Waals surface area contributed by atoms with E-state index in [1.54, 1.807) is 11.3 Å². The second-order valence-corrected chi connectivity index (χ2v) is 6.29. The van der Waals surface area contributed by atoms with Gasteiger partial charge >= 0.3 is 0 Å². The van der Waals surface area contributed by atoms with Crippen molar-refractivity contribution < 1.29 is 5.11 Å². The van der Waals surface area contributed by atoms with Gasteiger partial charge in [0.25, 0.3) is 0 Å². The molecule has 0 aliphatic rings. The molecule has 15 heavy (non-hydrogen) atoms. The molecule has 0 aliphatic carbocycles. The van der Waals surface area contributed by atoms with Crippen LogP contribution in [0.15, 0.2) is 15.9 Å². The first kappa shape index (κ1) is 13.2. The van der Waals surface area contributed by atoms with Crippen molar-refractivity contribution in [2.24, 2.45) is 0 Å². The van der Waals surface area contributed by atoms with E-state index in [0.29, 0.717) is 12.1 Å². The second-order valence-electron chi connectivity index (χ2n) is 3.80. The van der Waals surface area contributed by atoms with Gasteiger partial charge in [-0.05, 0) is 54.8 Å². The molecule has 0 saturated carbocycles. The van der Waals surface area contributed by atoms with Gasteiger partial charge in [-0.2, -0.15) is 0 Å². The van der Waals surface area contributed by atoms with Crippen LogP contribution in [0.5, 0.6) is 0 Å². The van der Waals surface area contributed by atoms with Crippen LogP contribution in [-0.4, -0.2) is 17.8 Å². The van der Waals surface area contributed by atoms with Gasteiger partial charge in [-0.3, -0.25) is 0 Å². The molecular weight excluding hydrogens is 274 g/mol. The predicted octanol–water partition coefficient (Wildman–Crippen LogP) is 3.32. The molecule has 0 bridgehead atoms. The highest BCUT2D eigenvalue weighted by Crippen LogP contribution is 2.27. The Bertz CT molecular complexity index is 290. The Balaban J connectivity index is 2.38. The first-order valence-electron chi connectivity index (χ1n) is 5.25. The molecule has 0 saturated heterocycles. The average molecular weight is 292 g/mol. The molecule has 0 aliphatic heterocycles. The maximum atomic E-state index is 8.74. The van der Waals surface area contributed by atoms with Crippen LogP contribution in [0.4, 0.5) is 0 Å². The molecule has 86 valence electrons. The highest BCUT2D eigenvalue weighted by molar-refractivity contribution is 9.11. The lowest BCUT2D eigenvalue weighted by atomic mass is 10.1. The van der Waals surface area contributed by atoms with Crippen LogP contribution in [0.25, 0.3) is 0 Å². The molecule has 1 aromatic rings. The van der Waals surface area contributed by atoms with E-state index in [4.69, 9.17) is 5.11 Å². The zero-order valence-electron chi connectivity index (χ0n) is 9.16. The van der Waals surface area contributed by atoms with Gasteiger partial charge in [0.1, 0.15) is 0 Å². The van der Waals surface area contributed by atoms with E-state index in [-0.39, 0.29) is 6.61 Å². The van der Waals surface area contributed by atoms with E-state index in [0.717, 1.165) is 12.8 Å². The molecule has 1 aromatic heterocycles. The maximum absolute atomic E-state index is 8.74. The van der Waals surface area contributed by atoms with Gasteiger partial charge in [0, 0.05) is 23.6 Å². The summed E-state index contributed by atoms with van der Waals surface area (Å²) in [5.41, 5.74) is 0. The summed E-state index contributed by atoms with van der Waals surface area (Å²) in [5, 5.41) is 12.3. The minimum atomic E-state index is 0.283. The summed E-state index contributed by atoms with van der Waals surface area (Å²) < 4.78 is 1.18. The summed E-state index contributed by atoms with van der Waals surface area (Å²) in [6, 6.07) is 5.06. The van der Waals surface area contributed by atoms with Crippen LogP contribution in [0, 0.1) is 0 Å². The molecular formula is C11H18BrNOS. The Morgan fingerprint density at radius 1 is 1.47 bits per heavy atom. The molecule has 0 aromatic carbocycles. The number of rotatable bonds is 6. The van der Waals surface area contributed by atoms with E-state index in [2.05, 4.69) is 47.2 Å². The fraction of sp³-hybridized carbons (Fsp3) is 0.636. The van der Waals surface area contributed by atoms with Gasteiger partial charge in [0.2, 0.25) is 0 Å². The lowest BCUT2D eigenvalue weighted by Gasteiger charge is -2.18. The van der Waals surface area contributed by atoms with Gasteiger partial charge in [0.05, 0.1) is 3.79 Å². The molecule has 0 fully saturated rings. The van der Waals surface area contributed by atoms with Crippen molar-refractivity contribution in [2.75, 3.05) is 6.61 Å². The third kappa shape index (κ3) is 4.64. The van der Waals surface area contributed by atoms with Crippen LogP contribution >= 0.6 is 27.3 Å². The van der Waals surface area contributed by atoms with Crippen molar-refractivity contribution in [1.29, 1.82) is 0 Å². The number of hydrogen-bond donors (Lipinski definition) is 2. The van der Waals surface area contributed by atoms with Gasteiger partial charge in [-0.25, -0.2) is 0 Å². The van der Waals surface area contributed by atoms with Gasteiger partial charge in [0.15, 0.2) is 0 Å². The largest absolute Gasteiger partial charge is 0.396 e. The molecule has 1 rings (SSSR count). The van der Waals surface area contributed by atoms with E-state index in [1.807, 2.05) is 0 Å². The molecule has 2 nitrogen and oxygen atoms in total. The molecule has 4 heteroatoms. The lowest BCUT2D eigenvalue weighted by molar-refractivity contribution is 0.274. The number of hydrogen-bond acceptors (Lipinski definition) is 3. The molecule has 0 amide bonds. The zero-order chi connectivity index (χ0) is 11.3. The standard InChI is InChI=1S/C11H18BrNOS/c1-8(4-3-7-14)13-9(2)10-5-6-11(12)15-10/h5-6,8-9,13-14H,3-4,7H2,1-2H3/t8-,9-/m1/s1. The quantitative estimate of drug-likeness (QED) is 0.843. The van der Waals surface area contributed by atoms with Gasteiger partial charge in [-0.15, -0.1) is 11.3 Å². The summed E-state index contributed by atoms with van der Waals surface area (Å²) in [6.07, 6.45) is 1.89. The Hall–Kier alpha value is 0.1000. The molecule has 2 atom stereocenters. The molecule has 0 radical (unpaired) electrons. The number of aliphatic hydroxyl groups is 1. The number of nitrogens with one attached hydrogen (secondary N) is 1. The SMILES string of the molecule is C[C@H](CCCO)N[C@H](C)c1ccc(Br)s1. The average Bonchev–Trinajstić information content (AvgIpc) is 2.61. The normalized spacial score (nSPS) is 15.2. The fourth-order valence-electron chi connectivity index (χ4n) is 1.55. The number of aliphatic hydroxyl groups excluding tert-OH is 1. The zero-order valence-corrected chi connectivity index (χ0v) is 11.6. The molecule has 0 spiro atoms. The third-order valence-corrected chi connectivity index (χ3v) is 4.16. The smallest absolute Gasteiger partial charge is 0.0701 e. The Kier molecular flexibility index (Phi) is 5.82. The van der Waals surface area contributed by atoms with E-state index in [9.17, 15) is 0 Å². The van der Waals surface area contributed by atoms with E-state index in [1.165, 1.54) is 8.66 Å². The Labute approximate surface area is 104 Å². The van der Waals surface area contributed by atoms with Crippen LogP contribution in [-0.2, 0) is 0 Å². The van der Waals surface area contributed by atoms with Crippen molar-refractivity contribution in [3.8, 4) is 0 Å². The first-order chi connectivity index (χ1) is 7.13. The summed E-state index contributed by atoms with van der Waals surface area (Å²) in [7, 11) is 0. The predicted molar refractivity (Wildman–Crippen MR) is 69.4 cm³/mol. The highest BCUT2D eigenvalue weighted by atomic mass is 79.9. The molecule has 0 unspecified atom stereocenters.